The molecule has 116 valence electrons. The molecule has 1 aromatic carbocycles. The molecule has 1 aliphatic heterocycles. The highest BCUT2D eigenvalue weighted by Crippen LogP contribution is 2.29. The molecule has 0 bridgehead atoms. The van der Waals surface area contributed by atoms with E-state index in [0.29, 0.717) is 18.8 Å². The SMILES string of the molecule is CC(Oc1ccccc1Br)C(=O)N1CCC(N)C(C)(C)C1. The number of benzene rings is 1. The van der Waals surface area contributed by atoms with Crippen molar-refractivity contribution in [3.8, 4) is 5.75 Å². The van der Waals surface area contributed by atoms with Gasteiger partial charge in [0.15, 0.2) is 6.10 Å². The summed E-state index contributed by atoms with van der Waals surface area (Å²) >= 11 is 3.43. The van der Waals surface area contributed by atoms with Gasteiger partial charge in [0.05, 0.1) is 4.47 Å². The van der Waals surface area contributed by atoms with Crippen LogP contribution in [0.4, 0.5) is 0 Å². The van der Waals surface area contributed by atoms with Crippen molar-refractivity contribution in [2.24, 2.45) is 11.1 Å². The second-order valence-corrected chi connectivity index (χ2v) is 7.19. The van der Waals surface area contributed by atoms with E-state index in [9.17, 15) is 4.79 Å². The van der Waals surface area contributed by atoms with E-state index in [4.69, 9.17) is 10.5 Å². The fourth-order valence-corrected chi connectivity index (χ4v) is 2.98. The van der Waals surface area contributed by atoms with Crippen molar-refractivity contribution in [3.63, 3.8) is 0 Å². The quantitative estimate of drug-likeness (QED) is 0.907. The summed E-state index contributed by atoms with van der Waals surface area (Å²) in [5, 5.41) is 0. The van der Waals surface area contributed by atoms with Gasteiger partial charge in [-0.3, -0.25) is 4.79 Å². The van der Waals surface area contributed by atoms with Crippen molar-refractivity contribution in [2.45, 2.75) is 39.3 Å². The molecule has 0 saturated carbocycles. The number of ether oxygens (including phenoxy) is 1. The number of piperidine rings is 1. The zero-order valence-electron chi connectivity index (χ0n) is 12.8. The molecule has 0 radical (unpaired) electrons. The number of carbonyl (C=O) groups excluding carboxylic acids is 1. The van der Waals surface area contributed by atoms with E-state index in [0.717, 1.165) is 10.9 Å². The zero-order chi connectivity index (χ0) is 15.6. The van der Waals surface area contributed by atoms with Gasteiger partial charge >= 0.3 is 0 Å². The predicted molar refractivity (Wildman–Crippen MR) is 87.2 cm³/mol. The Morgan fingerprint density at radius 3 is 2.76 bits per heavy atom. The number of rotatable bonds is 3. The van der Waals surface area contributed by atoms with Gasteiger partial charge in [-0.1, -0.05) is 26.0 Å². The van der Waals surface area contributed by atoms with Crippen molar-refractivity contribution < 1.29 is 9.53 Å². The highest BCUT2D eigenvalue weighted by molar-refractivity contribution is 9.10. The van der Waals surface area contributed by atoms with Crippen LogP contribution in [0.25, 0.3) is 0 Å². The molecule has 2 N–H and O–H groups in total. The third-order valence-corrected chi connectivity index (χ3v) is 4.77. The van der Waals surface area contributed by atoms with Crippen molar-refractivity contribution in [3.05, 3.63) is 28.7 Å². The lowest BCUT2D eigenvalue weighted by Crippen LogP contribution is -2.56. The molecule has 1 heterocycles. The lowest BCUT2D eigenvalue weighted by molar-refractivity contribution is -0.141. The molecule has 2 rings (SSSR count). The first kappa shape index (κ1) is 16.3. The summed E-state index contributed by atoms with van der Waals surface area (Å²) in [4.78, 5) is 14.4. The Bertz CT molecular complexity index is 519. The second kappa shape index (κ2) is 6.36. The maximum absolute atomic E-state index is 12.6. The molecule has 4 nitrogen and oxygen atoms in total. The van der Waals surface area contributed by atoms with Crippen LogP contribution in [-0.2, 0) is 4.79 Å². The van der Waals surface area contributed by atoms with E-state index in [1.54, 1.807) is 6.92 Å². The fraction of sp³-hybridized carbons (Fsp3) is 0.562. The normalized spacial score (nSPS) is 22.7. The summed E-state index contributed by atoms with van der Waals surface area (Å²) in [6, 6.07) is 7.69. The summed E-state index contributed by atoms with van der Waals surface area (Å²) < 4.78 is 6.64. The summed E-state index contributed by atoms with van der Waals surface area (Å²) in [7, 11) is 0. The summed E-state index contributed by atoms with van der Waals surface area (Å²) in [6.07, 6.45) is 0.328. The number of hydrogen-bond acceptors (Lipinski definition) is 3. The van der Waals surface area contributed by atoms with Crippen LogP contribution in [0.1, 0.15) is 27.2 Å². The van der Waals surface area contributed by atoms with Crippen LogP contribution in [0.2, 0.25) is 0 Å². The highest BCUT2D eigenvalue weighted by atomic mass is 79.9. The molecule has 2 unspecified atom stereocenters. The van der Waals surface area contributed by atoms with Crippen LogP contribution in [0.15, 0.2) is 28.7 Å². The van der Waals surface area contributed by atoms with Crippen molar-refractivity contribution in [2.75, 3.05) is 13.1 Å². The third-order valence-electron chi connectivity index (χ3n) is 4.11. The molecule has 0 aliphatic carbocycles. The predicted octanol–water partition coefficient (Wildman–Crippen LogP) is 2.80. The Balaban J connectivity index is 2.01. The Kier molecular flexibility index (Phi) is 4.94. The van der Waals surface area contributed by atoms with Crippen LogP contribution < -0.4 is 10.5 Å². The molecule has 1 fully saturated rings. The third kappa shape index (κ3) is 3.77. The monoisotopic (exact) mass is 354 g/mol. The maximum Gasteiger partial charge on any atom is 0.263 e. The molecule has 21 heavy (non-hydrogen) atoms. The van der Waals surface area contributed by atoms with Gasteiger partial charge in [-0.25, -0.2) is 0 Å². The van der Waals surface area contributed by atoms with Gasteiger partial charge in [0, 0.05) is 19.1 Å². The molecule has 5 heteroatoms. The van der Waals surface area contributed by atoms with Gasteiger partial charge in [-0.2, -0.15) is 0 Å². The van der Waals surface area contributed by atoms with Gasteiger partial charge in [-0.15, -0.1) is 0 Å². The van der Waals surface area contributed by atoms with E-state index in [2.05, 4.69) is 29.8 Å². The van der Waals surface area contributed by atoms with Gasteiger partial charge in [0.25, 0.3) is 5.91 Å². The lowest BCUT2D eigenvalue weighted by atomic mass is 9.79. The maximum atomic E-state index is 12.6. The summed E-state index contributed by atoms with van der Waals surface area (Å²) in [5.41, 5.74) is 6.06. The number of hydrogen-bond donors (Lipinski definition) is 1. The number of nitrogens with two attached hydrogens (primary N) is 1. The Morgan fingerprint density at radius 1 is 1.48 bits per heavy atom. The van der Waals surface area contributed by atoms with Crippen LogP contribution in [0.3, 0.4) is 0 Å². The minimum Gasteiger partial charge on any atom is -0.480 e. The van der Waals surface area contributed by atoms with E-state index >= 15 is 0 Å². The first-order valence-electron chi connectivity index (χ1n) is 7.27. The molecule has 0 spiro atoms. The summed E-state index contributed by atoms with van der Waals surface area (Å²) in [6.45, 7) is 7.39. The average molecular weight is 355 g/mol. The average Bonchev–Trinajstić information content (AvgIpc) is 2.43. The standard InChI is InChI=1S/C16H23BrN2O2/c1-11(21-13-7-5-4-6-12(13)17)15(20)19-9-8-14(18)16(2,3)10-19/h4-7,11,14H,8-10,18H2,1-3H3. The lowest BCUT2D eigenvalue weighted by Gasteiger charge is -2.43. The van der Waals surface area contributed by atoms with Crippen molar-refractivity contribution in [1.29, 1.82) is 0 Å². The Hall–Kier alpha value is -1.07. The minimum atomic E-state index is -0.506. The number of carbonyl (C=O) groups is 1. The smallest absolute Gasteiger partial charge is 0.263 e. The number of para-hydroxylation sites is 1. The minimum absolute atomic E-state index is 0.0192. The summed E-state index contributed by atoms with van der Waals surface area (Å²) in [5.74, 6) is 0.706. The first-order valence-corrected chi connectivity index (χ1v) is 8.06. The van der Waals surface area contributed by atoms with E-state index < -0.39 is 6.10 Å². The molecule has 1 aliphatic rings. The number of amides is 1. The number of halogens is 1. The topological polar surface area (TPSA) is 55.6 Å². The molecular weight excluding hydrogens is 332 g/mol. The largest absolute Gasteiger partial charge is 0.480 e. The zero-order valence-corrected chi connectivity index (χ0v) is 14.4. The molecular formula is C16H23BrN2O2. The number of nitrogens with zero attached hydrogens (tertiary/aromatic N) is 1. The van der Waals surface area contributed by atoms with Crippen LogP contribution in [-0.4, -0.2) is 36.0 Å². The second-order valence-electron chi connectivity index (χ2n) is 6.33. The van der Waals surface area contributed by atoms with Crippen LogP contribution >= 0.6 is 15.9 Å². The molecule has 2 atom stereocenters. The molecule has 1 saturated heterocycles. The van der Waals surface area contributed by atoms with Crippen molar-refractivity contribution >= 4 is 21.8 Å². The molecule has 1 amide bonds. The van der Waals surface area contributed by atoms with Gasteiger partial charge in [-0.05, 0) is 46.8 Å². The van der Waals surface area contributed by atoms with Crippen LogP contribution in [0, 0.1) is 5.41 Å². The van der Waals surface area contributed by atoms with Crippen molar-refractivity contribution in [1.82, 2.24) is 4.90 Å². The van der Waals surface area contributed by atoms with Gasteiger partial charge < -0.3 is 15.4 Å². The molecule has 0 aromatic heterocycles. The highest BCUT2D eigenvalue weighted by Gasteiger charge is 2.36. The Morgan fingerprint density at radius 2 is 2.14 bits per heavy atom. The van der Waals surface area contributed by atoms with E-state index in [1.807, 2.05) is 29.2 Å². The Labute approximate surface area is 134 Å². The number of likely N-dealkylation sites (tertiary alicyclic amines) is 1. The van der Waals surface area contributed by atoms with E-state index in [-0.39, 0.29) is 17.4 Å². The van der Waals surface area contributed by atoms with Crippen LogP contribution in [0.5, 0.6) is 5.75 Å². The van der Waals surface area contributed by atoms with Gasteiger partial charge in [0.2, 0.25) is 0 Å². The molecule has 1 aromatic rings. The first-order chi connectivity index (χ1) is 9.81. The van der Waals surface area contributed by atoms with E-state index in [1.165, 1.54) is 0 Å². The van der Waals surface area contributed by atoms with Gasteiger partial charge in [0.1, 0.15) is 5.75 Å². The fourth-order valence-electron chi connectivity index (χ4n) is 2.60.